The Balaban J connectivity index is 2.02. The molecule has 5 heteroatoms. The molecule has 0 amide bonds. The highest BCUT2D eigenvalue weighted by atomic mass is 79.9. The lowest BCUT2D eigenvalue weighted by Crippen LogP contribution is -2.39. The zero-order valence-corrected chi connectivity index (χ0v) is 12.0. The minimum absolute atomic E-state index is 0.0239. The van der Waals surface area contributed by atoms with Crippen molar-refractivity contribution in [3.63, 3.8) is 0 Å². The van der Waals surface area contributed by atoms with Gasteiger partial charge in [-0.2, -0.15) is 0 Å². The number of carbonyl (C=O) groups is 1. The first-order valence-electron chi connectivity index (χ1n) is 6.24. The molecule has 98 valence electrons. The number of hydrogen-bond donors (Lipinski definition) is 0. The van der Waals surface area contributed by atoms with Crippen molar-refractivity contribution >= 4 is 27.7 Å². The summed E-state index contributed by atoms with van der Waals surface area (Å²) in [5.74, 6) is 0.815. The lowest BCUT2D eigenvalue weighted by Gasteiger charge is -2.32. The monoisotopic (exact) mass is 312 g/mol. The Hall–Kier alpha value is -1.10. The number of carbonyl (C=O) groups excluding carboxylic acids is 1. The number of esters is 1. The van der Waals surface area contributed by atoms with Crippen molar-refractivity contribution in [3.8, 4) is 0 Å². The second-order valence-corrected chi connectivity index (χ2v) is 5.29. The highest BCUT2D eigenvalue weighted by Gasteiger charge is 2.27. The molecule has 0 aromatic carbocycles. The molecule has 1 aromatic heterocycles. The number of piperidine rings is 1. The number of halogens is 1. The SMILES string of the molecule is CCOC(=O)[C@@H]1CCCN(c2ccc(Br)cn2)C1. The molecule has 1 fully saturated rings. The van der Waals surface area contributed by atoms with Crippen molar-refractivity contribution in [1.82, 2.24) is 4.98 Å². The van der Waals surface area contributed by atoms with E-state index in [1.165, 1.54) is 0 Å². The van der Waals surface area contributed by atoms with Gasteiger partial charge in [0.25, 0.3) is 0 Å². The molecular weight excluding hydrogens is 296 g/mol. The summed E-state index contributed by atoms with van der Waals surface area (Å²) in [6, 6.07) is 3.94. The van der Waals surface area contributed by atoms with Crippen LogP contribution in [0, 0.1) is 5.92 Å². The van der Waals surface area contributed by atoms with Crippen LogP contribution in [0.1, 0.15) is 19.8 Å². The van der Waals surface area contributed by atoms with E-state index in [9.17, 15) is 4.79 Å². The van der Waals surface area contributed by atoms with E-state index in [0.717, 1.165) is 29.7 Å². The van der Waals surface area contributed by atoms with Gasteiger partial charge in [-0.15, -0.1) is 0 Å². The number of hydrogen-bond acceptors (Lipinski definition) is 4. The number of aromatic nitrogens is 1. The summed E-state index contributed by atoms with van der Waals surface area (Å²) in [6.45, 7) is 3.94. The van der Waals surface area contributed by atoms with Gasteiger partial charge in [-0.05, 0) is 47.8 Å². The van der Waals surface area contributed by atoms with Gasteiger partial charge in [-0.1, -0.05) is 0 Å². The Morgan fingerprint density at radius 2 is 2.44 bits per heavy atom. The van der Waals surface area contributed by atoms with Crippen LogP contribution in [0.5, 0.6) is 0 Å². The molecule has 4 nitrogen and oxygen atoms in total. The van der Waals surface area contributed by atoms with Crippen LogP contribution in [0.3, 0.4) is 0 Å². The summed E-state index contributed by atoms with van der Waals surface area (Å²) < 4.78 is 6.05. The lowest BCUT2D eigenvalue weighted by atomic mass is 9.98. The van der Waals surface area contributed by atoms with E-state index in [-0.39, 0.29) is 11.9 Å². The maximum Gasteiger partial charge on any atom is 0.310 e. The Morgan fingerprint density at radius 3 is 3.11 bits per heavy atom. The number of rotatable bonds is 3. The van der Waals surface area contributed by atoms with Crippen LogP contribution in [0.4, 0.5) is 5.82 Å². The minimum atomic E-state index is -0.0840. The van der Waals surface area contributed by atoms with E-state index >= 15 is 0 Å². The maximum atomic E-state index is 11.8. The van der Waals surface area contributed by atoms with Crippen molar-refractivity contribution in [2.75, 3.05) is 24.6 Å². The first-order chi connectivity index (χ1) is 8.70. The molecule has 1 aliphatic rings. The van der Waals surface area contributed by atoms with Crippen molar-refractivity contribution in [1.29, 1.82) is 0 Å². The molecule has 0 N–H and O–H groups in total. The van der Waals surface area contributed by atoms with Crippen LogP contribution >= 0.6 is 15.9 Å². The number of anilines is 1. The van der Waals surface area contributed by atoms with Crippen molar-refractivity contribution < 1.29 is 9.53 Å². The van der Waals surface area contributed by atoms with Crippen molar-refractivity contribution in [2.24, 2.45) is 5.92 Å². The molecular formula is C13H17BrN2O2. The molecule has 1 aromatic rings. The number of nitrogens with zero attached hydrogens (tertiary/aromatic N) is 2. The fraction of sp³-hybridized carbons (Fsp3) is 0.538. The van der Waals surface area contributed by atoms with Gasteiger partial charge in [0.05, 0.1) is 12.5 Å². The van der Waals surface area contributed by atoms with Crippen LogP contribution in [0.25, 0.3) is 0 Å². The molecule has 0 unspecified atom stereocenters. The standard InChI is InChI=1S/C13H17BrN2O2/c1-2-18-13(17)10-4-3-7-16(9-10)12-6-5-11(14)8-15-12/h5-6,8,10H,2-4,7,9H2,1H3/t10-/m1/s1. The van der Waals surface area contributed by atoms with Crippen LogP contribution in [-0.4, -0.2) is 30.6 Å². The highest BCUT2D eigenvalue weighted by Crippen LogP contribution is 2.23. The fourth-order valence-electron chi connectivity index (χ4n) is 2.19. The first kappa shape index (κ1) is 13.3. The molecule has 0 spiro atoms. The van der Waals surface area contributed by atoms with E-state index in [1.54, 1.807) is 6.20 Å². The fourth-order valence-corrected chi connectivity index (χ4v) is 2.43. The summed E-state index contributed by atoms with van der Waals surface area (Å²) in [6.07, 6.45) is 3.69. The summed E-state index contributed by atoms with van der Waals surface area (Å²) >= 11 is 3.37. The van der Waals surface area contributed by atoms with Gasteiger partial charge in [0.2, 0.25) is 0 Å². The Bertz CT molecular complexity index is 408. The quantitative estimate of drug-likeness (QED) is 0.805. The zero-order valence-electron chi connectivity index (χ0n) is 10.4. The molecule has 1 aliphatic heterocycles. The Morgan fingerprint density at radius 1 is 1.61 bits per heavy atom. The molecule has 1 atom stereocenters. The summed E-state index contributed by atoms with van der Waals surface area (Å²) in [5, 5.41) is 0. The van der Waals surface area contributed by atoms with Crippen molar-refractivity contribution in [3.05, 3.63) is 22.8 Å². The van der Waals surface area contributed by atoms with E-state index in [0.29, 0.717) is 13.2 Å². The molecule has 0 bridgehead atoms. The smallest absolute Gasteiger partial charge is 0.310 e. The molecule has 2 rings (SSSR count). The molecule has 18 heavy (non-hydrogen) atoms. The van der Waals surface area contributed by atoms with Crippen LogP contribution in [0.2, 0.25) is 0 Å². The van der Waals surface area contributed by atoms with Gasteiger partial charge in [-0.25, -0.2) is 4.98 Å². The van der Waals surface area contributed by atoms with E-state index < -0.39 is 0 Å². The second-order valence-electron chi connectivity index (χ2n) is 4.37. The minimum Gasteiger partial charge on any atom is -0.466 e. The number of ether oxygens (including phenoxy) is 1. The third kappa shape index (κ3) is 3.22. The molecule has 2 heterocycles. The van der Waals surface area contributed by atoms with Crippen molar-refractivity contribution in [2.45, 2.75) is 19.8 Å². The van der Waals surface area contributed by atoms with Gasteiger partial charge >= 0.3 is 5.97 Å². The number of pyridine rings is 1. The summed E-state index contributed by atoms with van der Waals surface area (Å²) in [7, 11) is 0. The topological polar surface area (TPSA) is 42.4 Å². The average Bonchev–Trinajstić information content (AvgIpc) is 2.40. The first-order valence-corrected chi connectivity index (χ1v) is 7.03. The van der Waals surface area contributed by atoms with Crippen LogP contribution < -0.4 is 4.90 Å². The highest BCUT2D eigenvalue weighted by molar-refractivity contribution is 9.10. The van der Waals surface area contributed by atoms with Crippen LogP contribution in [-0.2, 0) is 9.53 Å². The van der Waals surface area contributed by atoms with E-state index in [2.05, 4.69) is 25.8 Å². The van der Waals surface area contributed by atoms with Gasteiger partial charge in [0.1, 0.15) is 5.82 Å². The normalized spacial score (nSPS) is 19.7. The third-order valence-corrected chi connectivity index (χ3v) is 3.55. The maximum absolute atomic E-state index is 11.8. The molecule has 0 saturated carbocycles. The van der Waals surface area contributed by atoms with E-state index in [4.69, 9.17) is 4.74 Å². The van der Waals surface area contributed by atoms with Gasteiger partial charge in [0, 0.05) is 23.8 Å². The second kappa shape index (κ2) is 6.18. The van der Waals surface area contributed by atoms with Crippen LogP contribution in [0.15, 0.2) is 22.8 Å². The average molecular weight is 313 g/mol. The molecule has 1 saturated heterocycles. The zero-order chi connectivity index (χ0) is 13.0. The van der Waals surface area contributed by atoms with Gasteiger partial charge < -0.3 is 9.64 Å². The Labute approximate surface area is 115 Å². The Kier molecular flexibility index (Phi) is 4.58. The largest absolute Gasteiger partial charge is 0.466 e. The predicted octanol–water partition coefficient (Wildman–Crippen LogP) is 2.62. The van der Waals surface area contributed by atoms with E-state index in [1.807, 2.05) is 19.1 Å². The molecule has 0 aliphatic carbocycles. The lowest BCUT2D eigenvalue weighted by molar-refractivity contribution is -0.148. The third-order valence-electron chi connectivity index (χ3n) is 3.08. The van der Waals surface area contributed by atoms with Gasteiger partial charge in [0.15, 0.2) is 0 Å². The predicted molar refractivity (Wildman–Crippen MR) is 73.5 cm³/mol. The van der Waals surface area contributed by atoms with Gasteiger partial charge in [-0.3, -0.25) is 4.79 Å². The molecule has 0 radical (unpaired) electrons. The summed E-state index contributed by atoms with van der Waals surface area (Å²) in [5.41, 5.74) is 0. The summed E-state index contributed by atoms with van der Waals surface area (Å²) in [4.78, 5) is 18.3.